The van der Waals surface area contributed by atoms with Crippen molar-refractivity contribution in [1.82, 2.24) is 10.6 Å². The highest BCUT2D eigenvalue weighted by Crippen LogP contribution is 2.28. The Balaban J connectivity index is 0.00000208. The van der Waals surface area contributed by atoms with Crippen molar-refractivity contribution in [3.05, 3.63) is 29.3 Å². The molecule has 24 heavy (non-hydrogen) atoms. The van der Waals surface area contributed by atoms with Gasteiger partial charge < -0.3 is 15.5 Å². The molecule has 3 rings (SSSR count). The first kappa shape index (κ1) is 19.0. The molecule has 2 unspecified atom stereocenters. The Morgan fingerprint density at radius 2 is 2.08 bits per heavy atom. The number of carbonyl (C=O) groups is 2. The summed E-state index contributed by atoms with van der Waals surface area (Å²) in [6.45, 7) is 4.31. The van der Waals surface area contributed by atoms with Crippen LogP contribution in [0.4, 0.5) is 5.69 Å². The van der Waals surface area contributed by atoms with Gasteiger partial charge in [0, 0.05) is 12.5 Å². The first-order valence-electron chi connectivity index (χ1n) is 8.15. The molecule has 132 valence electrons. The molecule has 5 nitrogen and oxygen atoms in total. The minimum absolute atomic E-state index is 0. The lowest BCUT2D eigenvalue weighted by atomic mass is 9.88. The van der Waals surface area contributed by atoms with Gasteiger partial charge in [0.05, 0.1) is 10.7 Å². The Bertz CT molecular complexity index is 607. The molecular formula is C17H23Cl2N3O2. The van der Waals surface area contributed by atoms with Crippen LogP contribution in [-0.4, -0.2) is 37.5 Å². The molecule has 2 heterocycles. The number of nitrogens with zero attached hydrogens (tertiary/aromatic N) is 1. The maximum atomic E-state index is 12.7. The van der Waals surface area contributed by atoms with Crippen molar-refractivity contribution in [2.24, 2.45) is 11.8 Å². The van der Waals surface area contributed by atoms with Crippen molar-refractivity contribution in [2.45, 2.75) is 25.8 Å². The first-order chi connectivity index (χ1) is 11.1. The van der Waals surface area contributed by atoms with Crippen LogP contribution in [0.25, 0.3) is 0 Å². The average molecular weight is 372 g/mol. The third kappa shape index (κ3) is 3.85. The standard InChI is InChI=1S/C17H22ClN3O2.ClH/c1-11(12-9-19-10-12)16(22)20-14-6-4-8-21(17(14)23)15-7-3-2-5-13(15)18;/h2-3,5,7,11-12,14,19H,4,6,8-10H2,1H3,(H,20,22);1H. The zero-order valence-electron chi connectivity index (χ0n) is 13.6. The van der Waals surface area contributed by atoms with Crippen LogP contribution in [0.3, 0.4) is 0 Å². The van der Waals surface area contributed by atoms with Gasteiger partial charge in [-0.1, -0.05) is 30.7 Å². The molecule has 2 saturated heterocycles. The van der Waals surface area contributed by atoms with Crippen molar-refractivity contribution >= 4 is 41.5 Å². The number of halogens is 2. The van der Waals surface area contributed by atoms with E-state index >= 15 is 0 Å². The Kier molecular flexibility index (Phi) is 6.49. The summed E-state index contributed by atoms with van der Waals surface area (Å²) in [5, 5.41) is 6.67. The highest BCUT2D eigenvalue weighted by atomic mass is 35.5. The summed E-state index contributed by atoms with van der Waals surface area (Å²) in [4.78, 5) is 26.8. The van der Waals surface area contributed by atoms with Crippen LogP contribution in [-0.2, 0) is 9.59 Å². The second kappa shape index (κ2) is 8.19. The van der Waals surface area contributed by atoms with Crippen molar-refractivity contribution in [1.29, 1.82) is 0 Å². The molecule has 2 aliphatic rings. The molecule has 0 saturated carbocycles. The fraction of sp³-hybridized carbons (Fsp3) is 0.529. The molecule has 0 aromatic heterocycles. The largest absolute Gasteiger partial charge is 0.344 e. The summed E-state index contributed by atoms with van der Waals surface area (Å²) in [7, 11) is 0. The lowest BCUT2D eigenvalue weighted by Gasteiger charge is -2.35. The van der Waals surface area contributed by atoms with E-state index in [1.165, 1.54) is 0 Å². The van der Waals surface area contributed by atoms with E-state index in [-0.39, 0.29) is 30.1 Å². The summed E-state index contributed by atoms with van der Waals surface area (Å²) in [5.74, 6) is 0.195. The molecule has 1 aromatic carbocycles. The molecular weight excluding hydrogens is 349 g/mol. The molecule has 2 N–H and O–H groups in total. The third-order valence-electron chi connectivity index (χ3n) is 4.83. The van der Waals surface area contributed by atoms with Gasteiger partial charge >= 0.3 is 0 Å². The number of carbonyl (C=O) groups excluding carboxylic acids is 2. The minimum atomic E-state index is -0.456. The Labute approximate surface area is 153 Å². The van der Waals surface area contributed by atoms with E-state index in [0.29, 0.717) is 29.6 Å². The van der Waals surface area contributed by atoms with Gasteiger partial charge in [0.2, 0.25) is 11.8 Å². The van der Waals surface area contributed by atoms with Crippen LogP contribution in [0.1, 0.15) is 19.8 Å². The van der Waals surface area contributed by atoms with Crippen LogP contribution in [0, 0.1) is 11.8 Å². The monoisotopic (exact) mass is 371 g/mol. The third-order valence-corrected chi connectivity index (χ3v) is 5.15. The first-order valence-corrected chi connectivity index (χ1v) is 8.52. The fourth-order valence-electron chi connectivity index (χ4n) is 3.10. The molecule has 0 spiro atoms. The van der Waals surface area contributed by atoms with E-state index < -0.39 is 6.04 Å². The second-order valence-corrected chi connectivity index (χ2v) is 6.76. The normalized spacial score (nSPS) is 22.3. The Morgan fingerprint density at radius 1 is 1.38 bits per heavy atom. The number of piperidine rings is 1. The van der Waals surface area contributed by atoms with Gasteiger partial charge in [-0.05, 0) is 44.0 Å². The zero-order chi connectivity index (χ0) is 16.4. The lowest BCUT2D eigenvalue weighted by Crippen LogP contribution is -2.56. The van der Waals surface area contributed by atoms with E-state index in [1.807, 2.05) is 25.1 Å². The number of rotatable bonds is 4. The van der Waals surface area contributed by atoms with Crippen molar-refractivity contribution in [3.63, 3.8) is 0 Å². The van der Waals surface area contributed by atoms with E-state index in [9.17, 15) is 9.59 Å². The van der Waals surface area contributed by atoms with E-state index in [2.05, 4.69) is 10.6 Å². The highest BCUT2D eigenvalue weighted by molar-refractivity contribution is 6.33. The zero-order valence-corrected chi connectivity index (χ0v) is 15.2. The van der Waals surface area contributed by atoms with Crippen molar-refractivity contribution in [3.8, 4) is 0 Å². The Morgan fingerprint density at radius 3 is 2.71 bits per heavy atom. The van der Waals surface area contributed by atoms with E-state index in [0.717, 1.165) is 19.5 Å². The average Bonchev–Trinajstić information content (AvgIpc) is 2.48. The van der Waals surface area contributed by atoms with Crippen LogP contribution in [0.5, 0.6) is 0 Å². The number of hydrogen-bond donors (Lipinski definition) is 2. The molecule has 2 fully saturated rings. The molecule has 7 heteroatoms. The molecule has 2 atom stereocenters. The maximum Gasteiger partial charge on any atom is 0.249 e. The van der Waals surface area contributed by atoms with Crippen LogP contribution in [0.15, 0.2) is 24.3 Å². The molecule has 0 bridgehead atoms. The van der Waals surface area contributed by atoms with Crippen LogP contribution >= 0.6 is 24.0 Å². The number of amides is 2. The summed E-state index contributed by atoms with van der Waals surface area (Å²) in [6, 6.07) is 6.87. The summed E-state index contributed by atoms with van der Waals surface area (Å²) in [5.41, 5.74) is 0.717. The SMILES string of the molecule is CC(C(=O)NC1CCCN(c2ccccc2Cl)C1=O)C1CNC1.Cl. The van der Waals surface area contributed by atoms with Gasteiger partial charge in [-0.2, -0.15) is 0 Å². The molecule has 2 aliphatic heterocycles. The smallest absolute Gasteiger partial charge is 0.249 e. The van der Waals surface area contributed by atoms with Gasteiger partial charge in [0.1, 0.15) is 6.04 Å². The number of anilines is 1. The van der Waals surface area contributed by atoms with Gasteiger partial charge in [0.15, 0.2) is 0 Å². The minimum Gasteiger partial charge on any atom is -0.344 e. The summed E-state index contributed by atoms with van der Waals surface area (Å²) >= 11 is 6.21. The lowest BCUT2D eigenvalue weighted by molar-refractivity contribution is -0.132. The van der Waals surface area contributed by atoms with Gasteiger partial charge in [-0.3, -0.25) is 9.59 Å². The topological polar surface area (TPSA) is 61.4 Å². The second-order valence-electron chi connectivity index (χ2n) is 6.35. The van der Waals surface area contributed by atoms with Crippen LogP contribution in [0.2, 0.25) is 5.02 Å². The Hall–Kier alpha value is -1.30. The van der Waals surface area contributed by atoms with E-state index in [1.54, 1.807) is 11.0 Å². The summed E-state index contributed by atoms with van der Waals surface area (Å²) < 4.78 is 0. The molecule has 2 amide bonds. The van der Waals surface area contributed by atoms with Gasteiger partial charge in [-0.25, -0.2) is 0 Å². The van der Waals surface area contributed by atoms with Gasteiger partial charge in [0.25, 0.3) is 0 Å². The quantitative estimate of drug-likeness (QED) is 0.852. The van der Waals surface area contributed by atoms with Crippen molar-refractivity contribution < 1.29 is 9.59 Å². The fourth-order valence-corrected chi connectivity index (χ4v) is 3.34. The molecule has 1 aromatic rings. The maximum absolute atomic E-state index is 12.7. The number of benzene rings is 1. The molecule has 0 radical (unpaired) electrons. The van der Waals surface area contributed by atoms with Gasteiger partial charge in [-0.15, -0.1) is 12.4 Å². The predicted octanol–water partition coefficient (Wildman–Crippen LogP) is 2.23. The van der Waals surface area contributed by atoms with Crippen molar-refractivity contribution in [2.75, 3.05) is 24.5 Å². The highest BCUT2D eigenvalue weighted by Gasteiger charge is 2.35. The number of hydrogen-bond acceptors (Lipinski definition) is 3. The predicted molar refractivity (Wildman–Crippen MR) is 97.7 cm³/mol. The van der Waals surface area contributed by atoms with Crippen LogP contribution < -0.4 is 15.5 Å². The summed E-state index contributed by atoms with van der Waals surface area (Å²) in [6.07, 6.45) is 1.53. The number of nitrogens with one attached hydrogen (secondary N) is 2. The van der Waals surface area contributed by atoms with E-state index in [4.69, 9.17) is 11.6 Å². The molecule has 0 aliphatic carbocycles. The number of para-hydroxylation sites is 1.